The highest BCUT2D eigenvalue weighted by Crippen LogP contribution is 2.27. The number of piperazine rings is 1. The van der Waals surface area contributed by atoms with Crippen molar-refractivity contribution < 1.29 is 12.9 Å². The number of nitrogens with zero attached hydrogens (tertiary/aromatic N) is 5. The largest absolute Gasteiger partial charge is 0.338 e. The Balaban J connectivity index is 1.51. The van der Waals surface area contributed by atoms with E-state index in [0.29, 0.717) is 43.4 Å². The number of para-hydroxylation sites is 1. The number of aryl methyl sites for hydroxylation is 1. The Morgan fingerprint density at radius 1 is 1.10 bits per heavy atom. The van der Waals surface area contributed by atoms with E-state index in [1.807, 2.05) is 39.8 Å². The van der Waals surface area contributed by atoms with Crippen molar-refractivity contribution in [1.29, 1.82) is 0 Å². The summed E-state index contributed by atoms with van der Waals surface area (Å²) in [6, 6.07) is 7.20. The monoisotopic (exact) mass is 429 g/mol. The molecule has 9 heteroatoms. The molecule has 0 N–H and O–H groups in total. The number of rotatable bonds is 5. The standard InChI is InChI=1S/C21H27N5O3S/c1-14(2)20-23-21(29-24-20)16(4)25-8-10-26(11-9-25)30(27,28)18-7-5-6-17-12-15(3)13-22-19(17)18/h5-7,12-14,16H,8-11H2,1-4H3. The van der Waals surface area contributed by atoms with Gasteiger partial charge in [-0.2, -0.15) is 9.29 Å². The Kier molecular flexibility index (Phi) is 5.61. The van der Waals surface area contributed by atoms with Crippen molar-refractivity contribution in [2.24, 2.45) is 0 Å². The third-order valence-corrected chi connectivity index (χ3v) is 7.51. The summed E-state index contributed by atoms with van der Waals surface area (Å²) >= 11 is 0. The minimum absolute atomic E-state index is 0.0583. The maximum absolute atomic E-state index is 13.3. The topological polar surface area (TPSA) is 92.4 Å². The lowest BCUT2D eigenvalue weighted by Gasteiger charge is -2.36. The molecule has 0 saturated carbocycles. The lowest BCUT2D eigenvalue weighted by atomic mass is 10.2. The van der Waals surface area contributed by atoms with Crippen molar-refractivity contribution in [1.82, 2.24) is 24.3 Å². The van der Waals surface area contributed by atoms with Crippen LogP contribution in [0.1, 0.15) is 50.0 Å². The molecule has 0 radical (unpaired) electrons. The normalized spacial score (nSPS) is 17.6. The van der Waals surface area contributed by atoms with Crippen molar-refractivity contribution in [3.63, 3.8) is 0 Å². The van der Waals surface area contributed by atoms with E-state index in [0.717, 1.165) is 10.9 Å². The van der Waals surface area contributed by atoms with Crippen molar-refractivity contribution >= 4 is 20.9 Å². The highest BCUT2D eigenvalue weighted by atomic mass is 32.2. The van der Waals surface area contributed by atoms with Gasteiger partial charge in [0.1, 0.15) is 4.90 Å². The van der Waals surface area contributed by atoms with E-state index >= 15 is 0 Å². The second-order valence-corrected chi connectivity index (χ2v) is 10.0. The summed E-state index contributed by atoms with van der Waals surface area (Å²) < 4.78 is 33.6. The van der Waals surface area contributed by atoms with Crippen LogP contribution in [0.2, 0.25) is 0 Å². The number of benzene rings is 1. The molecule has 0 amide bonds. The van der Waals surface area contributed by atoms with Crippen molar-refractivity contribution in [3.8, 4) is 0 Å². The molecular formula is C21H27N5O3S. The second-order valence-electron chi connectivity index (χ2n) is 8.10. The molecular weight excluding hydrogens is 402 g/mol. The zero-order valence-corrected chi connectivity index (χ0v) is 18.6. The van der Waals surface area contributed by atoms with Crippen LogP contribution < -0.4 is 0 Å². The van der Waals surface area contributed by atoms with Gasteiger partial charge in [0.05, 0.1) is 11.6 Å². The Morgan fingerprint density at radius 2 is 1.83 bits per heavy atom. The van der Waals surface area contributed by atoms with Gasteiger partial charge >= 0.3 is 0 Å². The van der Waals surface area contributed by atoms with E-state index < -0.39 is 10.0 Å². The summed E-state index contributed by atoms with van der Waals surface area (Å²) in [6.45, 7) is 9.99. The molecule has 1 unspecified atom stereocenters. The van der Waals surface area contributed by atoms with Crippen molar-refractivity contribution in [3.05, 3.63) is 47.7 Å². The molecule has 3 aromatic rings. The van der Waals surface area contributed by atoms with Crippen LogP contribution in [0.15, 0.2) is 39.9 Å². The Hall–Kier alpha value is -2.36. The average molecular weight is 430 g/mol. The first kappa shape index (κ1) is 20.9. The van der Waals surface area contributed by atoms with Gasteiger partial charge < -0.3 is 4.52 Å². The van der Waals surface area contributed by atoms with E-state index in [4.69, 9.17) is 4.52 Å². The van der Waals surface area contributed by atoms with E-state index in [1.54, 1.807) is 22.6 Å². The van der Waals surface area contributed by atoms with Gasteiger partial charge in [0, 0.05) is 43.7 Å². The minimum atomic E-state index is -3.63. The maximum atomic E-state index is 13.3. The predicted octanol–water partition coefficient (Wildman–Crippen LogP) is 3.12. The van der Waals surface area contributed by atoms with Gasteiger partial charge in [-0.05, 0) is 31.5 Å². The van der Waals surface area contributed by atoms with Gasteiger partial charge in [-0.15, -0.1) is 0 Å². The van der Waals surface area contributed by atoms with Crippen molar-refractivity contribution in [2.75, 3.05) is 26.2 Å². The van der Waals surface area contributed by atoms with Crippen LogP contribution in [-0.2, 0) is 10.0 Å². The quantitative estimate of drug-likeness (QED) is 0.615. The van der Waals surface area contributed by atoms with E-state index in [2.05, 4.69) is 20.0 Å². The van der Waals surface area contributed by atoms with Gasteiger partial charge in [0.15, 0.2) is 5.82 Å². The fourth-order valence-corrected chi connectivity index (χ4v) is 5.32. The molecule has 0 spiro atoms. The van der Waals surface area contributed by atoms with Crippen LogP contribution in [-0.4, -0.2) is 58.9 Å². The highest BCUT2D eigenvalue weighted by molar-refractivity contribution is 7.89. The van der Waals surface area contributed by atoms with E-state index in [9.17, 15) is 8.42 Å². The number of fused-ring (bicyclic) bond motifs is 1. The number of aromatic nitrogens is 3. The molecule has 8 nitrogen and oxygen atoms in total. The van der Waals surface area contributed by atoms with Gasteiger partial charge in [-0.3, -0.25) is 9.88 Å². The van der Waals surface area contributed by atoms with Gasteiger partial charge in [0.2, 0.25) is 15.9 Å². The SMILES string of the molecule is Cc1cnc2c(S(=O)(=O)N3CCN(C(C)c4nc(C(C)C)no4)CC3)cccc2c1. The highest BCUT2D eigenvalue weighted by Gasteiger charge is 2.33. The Bertz CT molecular complexity index is 1150. The van der Waals surface area contributed by atoms with Crippen LogP contribution in [0.3, 0.4) is 0 Å². The molecule has 2 aromatic heterocycles. The summed E-state index contributed by atoms with van der Waals surface area (Å²) in [5.41, 5.74) is 1.52. The molecule has 3 heterocycles. The van der Waals surface area contributed by atoms with Crippen LogP contribution in [0, 0.1) is 6.92 Å². The molecule has 160 valence electrons. The van der Waals surface area contributed by atoms with Crippen LogP contribution >= 0.6 is 0 Å². The summed E-state index contributed by atoms with van der Waals surface area (Å²) in [7, 11) is -3.63. The van der Waals surface area contributed by atoms with Crippen LogP contribution in [0.4, 0.5) is 0 Å². The summed E-state index contributed by atoms with van der Waals surface area (Å²) in [5, 5.41) is 4.87. The third-order valence-electron chi connectivity index (χ3n) is 5.58. The molecule has 30 heavy (non-hydrogen) atoms. The molecule has 1 aliphatic heterocycles. The minimum Gasteiger partial charge on any atom is -0.338 e. The summed E-state index contributed by atoms with van der Waals surface area (Å²) in [6.07, 6.45) is 1.71. The molecule has 0 aliphatic carbocycles. The maximum Gasteiger partial charge on any atom is 0.245 e. The molecule has 1 fully saturated rings. The molecule has 1 saturated heterocycles. The van der Waals surface area contributed by atoms with Gasteiger partial charge in [-0.1, -0.05) is 31.1 Å². The first-order valence-electron chi connectivity index (χ1n) is 10.2. The lowest BCUT2D eigenvalue weighted by Crippen LogP contribution is -2.49. The lowest BCUT2D eigenvalue weighted by molar-refractivity contribution is 0.124. The van der Waals surface area contributed by atoms with E-state index in [1.165, 1.54) is 0 Å². The predicted molar refractivity (Wildman–Crippen MR) is 114 cm³/mol. The van der Waals surface area contributed by atoms with Crippen molar-refractivity contribution in [2.45, 2.75) is 44.6 Å². The third kappa shape index (κ3) is 3.84. The number of sulfonamides is 1. The summed E-state index contributed by atoms with van der Waals surface area (Å²) in [4.78, 5) is 11.3. The van der Waals surface area contributed by atoms with Gasteiger partial charge in [0.25, 0.3) is 0 Å². The fraction of sp³-hybridized carbons (Fsp3) is 0.476. The van der Waals surface area contributed by atoms with Crippen LogP contribution in [0.25, 0.3) is 10.9 Å². The molecule has 0 bridgehead atoms. The van der Waals surface area contributed by atoms with Gasteiger partial charge in [-0.25, -0.2) is 8.42 Å². The molecule has 1 aliphatic rings. The summed E-state index contributed by atoms with van der Waals surface area (Å²) in [5.74, 6) is 1.47. The fourth-order valence-electron chi connectivity index (χ4n) is 3.73. The zero-order chi connectivity index (χ0) is 21.5. The smallest absolute Gasteiger partial charge is 0.245 e. The first-order valence-corrected chi connectivity index (χ1v) is 11.6. The molecule has 4 rings (SSSR count). The van der Waals surface area contributed by atoms with E-state index in [-0.39, 0.29) is 16.9 Å². The molecule has 1 atom stereocenters. The number of hydrogen-bond donors (Lipinski definition) is 0. The zero-order valence-electron chi connectivity index (χ0n) is 17.7. The number of hydrogen-bond acceptors (Lipinski definition) is 7. The number of pyridine rings is 1. The Morgan fingerprint density at radius 3 is 2.50 bits per heavy atom. The average Bonchev–Trinajstić information content (AvgIpc) is 3.23. The second kappa shape index (κ2) is 8.05. The molecule has 1 aromatic carbocycles. The Labute approximate surface area is 176 Å². The van der Waals surface area contributed by atoms with Crippen LogP contribution in [0.5, 0.6) is 0 Å². The first-order chi connectivity index (χ1) is 14.3.